The maximum atomic E-state index is 12.7. The van der Waals surface area contributed by atoms with Gasteiger partial charge in [-0.15, -0.1) is 0 Å². The van der Waals surface area contributed by atoms with Crippen molar-refractivity contribution in [2.75, 3.05) is 26.2 Å². The number of carbonyl (C=O) groups excluding carboxylic acids is 3. The number of aryl methyl sites for hydroxylation is 1. The van der Waals surface area contributed by atoms with Crippen LogP contribution in [0, 0.1) is 19.8 Å². The Hall–Kier alpha value is -2.31. The number of hydrogen-bond acceptors (Lipinski definition) is 4. The Labute approximate surface area is 167 Å². The van der Waals surface area contributed by atoms with E-state index in [2.05, 4.69) is 10.3 Å². The number of rotatable bonds is 8. The number of nitrogens with zero attached hydrogens (tertiary/aromatic N) is 1. The number of piperidine rings is 1. The first-order chi connectivity index (χ1) is 13.4. The summed E-state index contributed by atoms with van der Waals surface area (Å²) in [6.07, 6.45) is 3.52. The van der Waals surface area contributed by atoms with E-state index in [1.54, 1.807) is 6.92 Å². The van der Waals surface area contributed by atoms with Crippen LogP contribution in [-0.4, -0.2) is 53.9 Å². The molecular formula is C21H33N3O4. The SMILES string of the molecule is CCCNC(=O)C1CCCN(C(=O)CCc2c(C)[nH]c(C(=O)OCC)c2C)C1. The van der Waals surface area contributed by atoms with Crippen LogP contribution in [0.25, 0.3) is 0 Å². The fourth-order valence-electron chi connectivity index (χ4n) is 3.77. The lowest BCUT2D eigenvalue weighted by atomic mass is 9.96. The molecule has 1 aromatic rings. The third-order valence-electron chi connectivity index (χ3n) is 5.36. The molecule has 1 atom stereocenters. The van der Waals surface area contributed by atoms with Gasteiger partial charge in [-0.25, -0.2) is 4.79 Å². The second-order valence-corrected chi connectivity index (χ2v) is 7.42. The normalized spacial score (nSPS) is 16.7. The van der Waals surface area contributed by atoms with E-state index >= 15 is 0 Å². The first-order valence-electron chi connectivity index (χ1n) is 10.3. The Morgan fingerprint density at radius 3 is 2.68 bits per heavy atom. The van der Waals surface area contributed by atoms with Crippen molar-refractivity contribution in [3.63, 3.8) is 0 Å². The zero-order valence-electron chi connectivity index (χ0n) is 17.5. The van der Waals surface area contributed by atoms with Gasteiger partial charge in [0.05, 0.1) is 12.5 Å². The molecule has 1 saturated heterocycles. The molecule has 0 bridgehead atoms. The van der Waals surface area contributed by atoms with Gasteiger partial charge >= 0.3 is 5.97 Å². The predicted molar refractivity (Wildman–Crippen MR) is 107 cm³/mol. The summed E-state index contributed by atoms with van der Waals surface area (Å²) in [5.41, 5.74) is 3.20. The average Bonchev–Trinajstić information content (AvgIpc) is 2.98. The van der Waals surface area contributed by atoms with Gasteiger partial charge in [-0.3, -0.25) is 9.59 Å². The van der Waals surface area contributed by atoms with Crippen LogP contribution in [0.2, 0.25) is 0 Å². The second-order valence-electron chi connectivity index (χ2n) is 7.42. The smallest absolute Gasteiger partial charge is 0.355 e. The molecule has 2 heterocycles. The number of aromatic nitrogens is 1. The minimum absolute atomic E-state index is 0.0516. The molecule has 0 saturated carbocycles. The minimum atomic E-state index is -0.363. The molecule has 0 radical (unpaired) electrons. The van der Waals surface area contributed by atoms with Crippen molar-refractivity contribution >= 4 is 17.8 Å². The van der Waals surface area contributed by atoms with E-state index in [0.29, 0.717) is 44.8 Å². The van der Waals surface area contributed by atoms with E-state index in [1.807, 2.05) is 25.7 Å². The highest BCUT2D eigenvalue weighted by Crippen LogP contribution is 2.22. The summed E-state index contributed by atoms with van der Waals surface area (Å²) in [5.74, 6) is -0.366. The first-order valence-corrected chi connectivity index (χ1v) is 10.3. The molecular weight excluding hydrogens is 358 g/mol. The van der Waals surface area contributed by atoms with Gasteiger partial charge in [0.1, 0.15) is 5.69 Å². The summed E-state index contributed by atoms with van der Waals surface area (Å²) in [5, 5.41) is 2.93. The van der Waals surface area contributed by atoms with Crippen molar-refractivity contribution in [1.82, 2.24) is 15.2 Å². The summed E-state index contributed by atoms with van der Waals surface area (Å²) in [6, 6.07) is 0. The van der Waals surface area contributed by atoms with Crippen LogP contribution >= 0.6 is 0 Å². The van der Waals surface area contributed by atoms with Gasteiger partial charge in [0, 0.05) is 31.7 Å². The lowest BCUT2D eigenvalue weighted by Gasteiger charge is -2.32. The van der Waals surface area contributed by atoms with Crippen LogP contribution in [0.15, 0.2) is 0 Å². The maximum absolute atomic E-state index is 12.7. The van der Waals surface area contributed by atoms with Gasteiger partial charge < -0.3 is 19.9 Å². The molecule has 1 fully saturated rings. The zero-order valence-corrected chi connectivity index (χ0v) is 17.5. The Morgan fingerprint density at radius 1 is 1.25 bits per heavy atom. The predicted octanol–water partition coefficient (Wildman–Crippen LogP) is 2.51. The van der Waals surface area contributed by atoms with E-state index in [1.165, 1.54) is 0 Å². The molecule has 1 unspecified atom stereocenters. The molecule has 1 aromatic heterocycles. The van der Waals surface area contributed by atoms with Crippen molar-refractivity contribution in [2.45, 2.75) is 59.8 Å². The molecule has 7 heteroatoms. The Kier molecular flexibility index (Phi) is 8.08. The van der Waals surface area contributed by atoms with Gasteiger partial charge in [-0.05, 0) is 57.6 Å². The van der Waals surface area contributed by atoms with Gasteiger partial charge in [0.15, 0.2) is 0 Å². The highest BCUT2D eigenvalue weighted by Gasteiger charge is 2.28. The van der Waals surface area contributed by atoms with Crippen LogP contribution < -0.4 is 5.32 Å². The van der Waals surface area contributed by atoms with Crippen LogP contribution in [-0.2, 0) is 20.7 Å². The summed E-state index contributed by atoms with van der Waals surface area (Å²) < 4.78 is 5.08. The number of ether oxygens (including phenoxy) is 1. The quantitative estimate of drug-likeness (QED) is 0.666. The monoisotopic (exact) mass is 391 g/mol. The molecule has 7 nitrogen and oxygen atoms in total. The lowest BCUT2D eigenvalue weighted by Crippen LogP contribution is -2.45. The zero-order chi connectivity index (χ0) is 20.7. The molecule has 0 spiro atoms. The minimum Gasteiger partial charge on any atom is -0.461 e. The first kappa shape index (κ1) is 22.0. The number of aromatic amines is 1. The molecule has 2 amide bonds. The summed E-state index contributed by atoms with van der Waals surface area (Å²) in [7, 11) is 0. The van der Waals surface area contributed by atoms with Crippen molar-refractivity contribution in [3.05, 3.63) is 22.5 Å². The lowest BCUT2D eigenvalue weighted by molar-refractivity contribution is -0.135. The molecule has 0 aromatic carbocycles. The molecule has 2 rings (SSSR count). The third kappa shape index (κ3) is 5.36. The van der Waals surface area contributed by atoms with E-state index in [9.17, 15) is 14.4 Å². The van der Waals surface area contributed by atoms with Gasteiger partial charge in [0.2, 0.25) is 11.8 Å². The number of likely N-dealkylation sites (tertiary alicyclic amines) is 1. The Bertz CT molecular complexity index is 711. The number of nitrogens with one attached hydrogen (secondary N) is 2. The van der Waals surface area contributed by atoms with E-state index in [4.69, 9.17) is 4.74 Å². The van der Waals surface area contributed by atoms with E-state index in [-0.39, 0.29) is 23.7 Å². The number of amides is 2. The molecule has 1 aliphatic rings. The topological polar surface area (TPSA) is 91.5 Å². The van der Waals surface area contributed by atoms with Crippen molar-refractivity contribution in [3.8, 4) is 0 Å². The maximum Gasteiger partial charge on any atom is 0.355 e. The highest BCUT2D eigenvalue weighted by atomic mass is 16.5. The fraction of sp³-hybridized carbons (Fsp3) is 0.667. The second kappa shape index (κ2) is 10.3. The molecule has 156 valence electrons. The van der Waals surface area contributed by atoms with Gasteiger partial charge in [0.25, 0.3) is 0 Å². The Morgan fingerprint density at radius 2 is 2.00 bits per heavy atom. The summed E-state index contributed by atoms with van der Waals surface area (Å²) in [6.45, 7) is 9.79. The number of hydrogen-bond donors (Lipinski definition) is 2. The van der Waals surface area contributed by atoms with Crippen LogP contribution in [0.1, 0.15) is 66.8 Å². The molecule has 28 heavy (non-hydrogen) atoms. The molecule has 0 aliphatic carbocycles. The number of carbonyl (C=O) groups is 3. The van der Waals surface area contributed by atoms with Crippen molar-refractivity contribution < 1.29 is 19.1 Å². The van der Waals surface area contributed by atoms with Crippen LogP contribution in [0.3, 0.4) is 0 Å². The summed E-state index contributed by atoms with van der Waals surface area (Å²) >= 11 is 0. The van der Waals surface area contributed by atoms with Crippen molar-refractivity contribution in [2.24, 2.45) is 5.92 Å². The summed E-state index contributed by atoms with van der Waals surface area (Å²) in [4.78, 5) is 41.9. The van der Waals surface area contributed by atoms with Crippen LogP contribution in [0.4, 0.5) is 0 Å². The van der Waals surface area contributed by atoms with E-state index < -0.39 is 0 Å². The standard InChI is InChI=1S/C21H33N3O4/c1-5-11-22-20(26)16-8-7-12-24(13-16)18(25)10-9-17-14(3)19(23-15(17)4)21(27)28-6-2/h16,23H,5-13H2,1-4H3,(H,22,26). The largest absolute Gasteiger partial charge is 0.461 e. The fourth-order valence-corrected chi connectivity index (χ4v) is 3.77. The Balaban J connectivity index is 1.95. The van der Waals surface area contributed by atoms with E-state index in [0.717, 1.165) is 36.1 Å². The number of esters is 1. The average molecular weight is 392 g/mol. The van der Waals surface area contributed by atoms with Gasteiger partial charge in [-0.1, -0.05) is 6.92 Å². The van der Waals surface area contributed by atoms with Crippen LogP contribution in [0.5, 0.6) is 0 Å². The number of H-pyrrole nitrogens is 1. The molecule has 2 N–H and O–H groups in total. The third-order valence-corrected chi connectivity index (χ3v) is 5.36. The van der Waals surface area contributed by atoms with Crippen molar-refractivity contribution in [1.29, 1.82) is 0 Å². The highest BCUT2D eigenvalue weighted by molar-refractivity contribution is 5.90. The molecule has 1 aliphatic heterocycles. The van der Waals surface area contributed by atoms with Gasteiger partial charge in [-0.2, -0.15) is 0 Å².